The van der Waals surface area contributed by atoms with E-state index in [4.69, 9.17) is 16.3 Å². The Morgan fingerprint density at radius 2 is 2.00 bits per heavy atom. The average Bonchev–Trinajstić information content (AvgIpc) is 2.99. The van der Waals surface area contributed by atoms with Crippen molar-refractivity contribution in [1.82, 2.24) is 5.32 Å². The number of carbonyl (C=O) groups excluding carboxylic acids is 2. The van der Waals surface area contributed by atoms with E-state index in [0.717, 1.165) is 11.3 Å². The second-order valence-electron chi connectivity index (χ2n) is 6.80. The van der Waals surface area contributed by atoms with Crippen molar-refractivity contribution in [2.24, 2.45) is 0 Å². The van der Waals surface area contributed by atoms with Crippen LogP contribution in [0.1, 0.15) is 23.1 Å². The summed E-state index contributed by atoms with van der Waals surface area (Å²) in [5.74, 6) is 0.342. The van der Waals surface area contributed by atoms with Gasteiger partial charge in [-0.2, -0.15) is 0 Å². The summed E-state index contributed by atoms with van der Waals surface area (Å²) in [4.78, 5) is 26.8. The maximum absolute atomic E-state index is 12.7. The molecule has 6 heteroatoms. The normalized spacial score (nSPS) is 16.5. The number of nitrogens with one attached hydrogen (secondary N) is 1. The van der Waals surface area contributed by atoms with Crippen LogP contribution in [0.4, 0.5) is 5.69 Å². The second-order valence-corrected chi connectivity index (χ2v) is 7.21. The zero-order valence-electron chi connectivity index (χ0n) is 15.7. The zero-order chi connectivity index (χ0) is 19.6. The summed E-state index contributed by atoms with van der Waals surface area (Å²) < 4.78 is 5.11. The van der Waals surface area contributed by atoms with Crippen molar-refractivity contribution in [3.8, 4) is 5.75 Å². The molecule has 0 bridgehead atoms. The Morgan fingerprint density at radius 1 is 1.22 bits per heavy atom. The van der Waals surface area contributed by atoms with E-state index in [2.05, 4.69) is 5.32 Å². The van der Waals surface area contributed by atoms with Gasteiger partial charge in [-0.05, 0) is 61.2 Å². The fourth-order valence-corrected chi connectivity index (χ4v) is 3.42. The van der Waals surface area contributed by atoms with E-state index in [0.29, 0.717) is 29.3 Å². The van der Waals surface area contributed by atoms with Crippen molar-refractivity contribution >= 4 is 29.1 Å². The SMILES string of the molecule is COc1ccc(CC(=O)NC2CCN(c3ccc(C)c(C)c3)C2=O)c(Cl)c1. The number of carbonyl (C=O) groups is 2. The van der Waals surface area contributed by atoms with Crippen LogP contribution >= 0.6 is 11.6 Å². The second kappa shape index (κ2) is 8.01. The van der Waals surface area contributed by atoms with E-state index in [1.54, 1.807) is 30.2 Å². The van der Waals surface area contributed by atoms with E-state index in [-0.39, 0.29) is 18.2 Å². The van der Waals surface area contributed by atoms with Gasteiger partial charge in [-0.15, -0.1) is 0 Å². The number of methoxy groups -OCH3 is 1. The van der Waals surface area contributed by atoms with Gasteiger partial charge in [-0.25, -0.2) is 0 Å². The molecule has 2 aromatic carbocycles. The fourth-order valence-electron chi connectivity index (χ4n) is 3.18. The van der Waals surface area contributed by atoms with E-state index in [1.807, 2.05) is 32.0 Å². The highest BCUT2D eigenvalue weighted by Gasteiger charge is 2.33. The Kier molecular flexibility index (Phi) is 5.71. The molecule has 5 nitrogen and oxygen atoms in total. The maximum Gasteiger partial charge on any atom is 0.249 e. The van der Waals surface area contributed by atoms with Crippen molar-refractivity contribution in [2.75, 3.05) is 18.6 Å². The molecule has 1 unspecified atom stereocenters. The van der Waals surface area contributed by atoms with Crippen LogP contribution in [0, 0.1) is 13.8 Å². The molecule has 1 aliphatic rings. The molecule has 0 aromatic heterocycles. The summed E-state index contributed by atoms with van der Waals surface area (Å²) in [6, 6.07) is 10.7. The quantitative estimate of drug-likeness (QED) is 0.856. The third-order valence-corrected chi connectivity index (χ3v) is 5.31. The number of anilines is 1. The number of ether oxygens (including phenoxy) is 1. The predicted molar refractivity (Wildman–Crippen MR) is 107 cm³/mol. The molecule has 1 aliphatic heterocycles. The number of benzene rings is 2. The summed E-state index contributed by atoms with van der Waals surface area (Å²) in [7, 11) is 1.56. The van der Waals surface area contributed by atoms with E-state index in [9.17, 15) is 9.59 Å². The first-order valence-corrected chi connectivity index (χ1v) is 9.27. The highest BCUT2D eigenvalue weighted by atomic mass is 35.5. The Morgan fingerprint density at radius 3 is 2.67 bits per heavy atom. The molecule has 142 valence electrons. The minimum atomic E-state index is -0.504. The van der Waals surface area contributed by atoms with Crippen molar-refractivity contribution < 1.29 is 14.3 Å². The van der Waals surface area contributed by atoms with Gasteiger partial charge in [0, 0.05) is 17.3 Å². The Bertz CT molecular complexity index is 882. The van der Waals surface area contributed by atoms with Crippen molar-refractivity contribution in [3.63, 3.8) is 0 Å². The van der Waals surface area contributed by atoms with Crippen LogP contribution in [0.15, 0.2) is 36.4 Å². The van der Waals surface area contributed by atoms with Crippen molar-refractivity contribution in [2.45, 2.75) is 32.7 Å². The summed E-state index contributed by atoms with van der Waals surface area (Å²) in [5.41, 5.74) is 3.90. The number of hydrogen-bond acceptors (Lipinski definition) is 3. The molecule has 27 heavy (non-hydrogen) atoms. The van der Waals surface area contributed by atoms with Gasteiger partial charge < -0.3 is 15.0 Å². The van der Waals surface area contributed by atoms with Crippen molar-refractivity contribution in [1.29, 1.82) is 0 Å². The molecule has 1 N–H and O–H groups in total. The van der Waals surface area contributed by atoms with Gasteiger partial charge in [0.1, 0.15) is 11.8 Å². The van der Waals surface area contributed by atoms with Crippen molar-refractivity contribution in [3.05, 3.63) is 58.1 Å². The molecule has 1 saturated heterocycles. The number of halogens is 1. The third-order valence-electron chi connectivity index (χ3n) is 4.95. The zero-order valence-corrected chi connectivity index (χ0v) is 16.5. The molecule has 0 saturated carbocycles. The number of amides is 2. The minimum Gasteiger partial charge on any atom is -0.497 e. The van der Waals surface area contributed by atoms with Crippen LogP contribution < -0.4 is 15.0 Å². The third kappa shape index (κ3) is 4.25. The number of hydrogen-bond donors (Lipinski definition) is 1. The molecule has 3 rings (SSSR count). The maximum atomic E-state index is 12.7. The summed E-state index contributed by atoms with van der Waals surface area (Å²) in [6.07, 6.45) is 0.712. The molecular weight excluding hydrogens is 364 g/mol. The van der Waals surface area contributed by atoms with Crippen LogP contribution in [0.5, 0.6) is 5.75 Å². The number of rotatable bonds is 5. The highest BCUT2D eigenvalue weighted by molar-refractivity contribution is 6.31. The number of nitrogens with zero attached hydrogens (tertiary/aromatic N) is 1. The standard InChI is InChI=1S/C21H23ClN2O3/c1-13-4-6-16(10-14(13)2)24-9-8-19(21(24)26)23-20(25)11-15-5-7-17(27-3)12-18(15)22/h4-7,10,12,19H,8-9,11H2,1-3H3,(H,23,25). The van der Waals surface area contributed by atoms with Gasteiger partial charge in [0.05, 0.1) is 13.5 Å². The molecule has 1 heterocycles. The van der Waals surface area contributed by atoms with Crippen LogP contribution in [0.3, 0.4) is 0 Å². The van der Waals surface area contributed by atoms with Gasteiger partial charge in [0.15, 0.2) is 0 Å². The lowest BCUT2D eigenvalue weighted by molar-refractivity contribution is -0.126. The monoisotopic (exact) mass is 386 g/mol. The van der Waals surface area contributed by atoms with Gasteiger partial charge in [-0.1, -0.05) is 23.7 Å². The lowest BCUT2D eigenvalue weighted by Crippen LogP contribution is -2.42. The van der Waals surface area contributed by atoms with Gasteiger partial charge >= 0.3 is 0 Å². The smallest absolute Gasteiger partial charge is 0.249 e. The largest absolute Gasteiger partial charge is 0.497 e. The van der Waals surface area contributed by atoms with Crippen LogP contribution in [0.2, 0.25) is 5.02 Å². The highest BCUT2D eigenvalue weighted by Crippen LogP contribution is 2.25. The lowest BCUT2D eigenvalue weighted by Gasteiger charge is -2.18. The number of aryl methyl sites for hydroxylation is 2. The molecule has 0 radical (unpaired) electrons. The predicted octanol–water partition coefficient (Wildman–Crippen LogP) is 3.43. The Hall–Kier alpha value is -2.53. The summed E-state index contributed by atoms with van der Waals surface area (Å²) in [6.45, 7) is 4.66. The molecule has 1 atom stereocenters. The van der Waals surface area contributed by atoms with Gasteiger partial charge in [0.2, 0.25) is 11.8 Å². The molecule has 2 aromatic rings. The molecule has 2 amide bonds. The van der Waals surface area contributed by atoms with E-state index >= 15 is 0 Å². The van der Waals surface area contributed by atoms with Crippen LogP contribution in [0.25, 0.3) is 0 Å². The molecule has 1 fully saturated rings. The minimum absolute atomic E-state index is 0.0765. The first-order valence-electron chi connectivity index (χ1n) is 8.89. The van der Waals surface area contributed by atoms with Gasteiger partial charge in [-0.3, -0.25) is 9.59 Å². The van der Waals surface area contributed by atoms with Crippen LogP contribution in [-0.4, -0.2) is 31.5 Å². The molecular formula is C21H23ClN2O3. The molecule has 0 spiro atoms. The van der Waals surface area contributed by atoms with E-state index < -0.39 is 6.04 Å². The Balaban J connectivity index is 1.63. The van der Waals surface area contributed by atoms with Crippen LogP contribution in [-0.2, 0) is 16.0 Å². The van der Waals surface area contributed by atoms with Gasteiger partial charge in [0.25, 0.3) is 0 Å². The molecule has 0 aliphatic carbocycles. The average molecular weight is 387 g/mol. The summed E-state index contributed by atoms with van der Waals surface area (Å²) in [5, 5.41) is 3.31. The summed E-state index contributed by atoms with van der Waals surface area (Å²) >= 11 is 6.19. The topological polar surface area (TPSA) is 58.6 Å². The first-order chi connectivity index (χ1) is 12.9. The fraction of sp³-hybridized carbons (Fsp3) is 0.333. The first kappa shape index (κ1) is 19.2. The Labute approximate surface area is 164 Å². The lowest BCUT2D eigenvalue weighted by atomic mass is 10.1. The van der Waals surface area contributed by atoms with E-state index in [1.165, 1.54) is 5.56 Å².